The minimum atomic E-state index is 0.175. The van der Waals surface area contributed by atoms with Crippen molar-refractivity contribution in [2.45, 2.75) is 12.2 Å². The van der Waals surface area contributed by atoms with E-state index in [9.17, 15) is 10.2 Å². The highest BCUT2D eigenvalue weighted by atomic mass is 16.6. The van der Waals surface area contributed by atoms with Crippen LogP contribution in [0.3, 0.4) is 0 Å². The monoisotopic (exact) mass is 316 g/mol. The third-order valence-corrected chi connectivity index (χ3v) is 3.51. The van der Waals surface area contributed by atoms with Gasteiger partial charge in [0.15, 0.2) is 0 Å². The number of rotatable bonds is 5. The lowest BCUT2D eigenvalue weighted by Crippen LogP contribution is -2.06. The maximum atomic E-state index is 9.58. The van der Waals surface area contributed by atoms with E-state index in [1.165, 1.54) is 0 Å². The Hall–Kier alpha value is -2.08. The van der Waals surface area contributed by atoms with Crippen LogP contribution in [0.2, 0.25) is 0 Å². The van der Waals surface area contributed by atoms with Crippen molar-refractivity contribution < 1.29 is 24.4 Å². The van der Waals surface area contributed by atoms with Crippen LogP contribution in [0.1, 0.15) is 0 Å². The Morgan fingerprint density at radius 3 is 1.52 bits per heavy atom. The Kier molecular flexibility index (Phi) is 5.12. The number of phenols is 2. The van der Waals surface area contributed by atoms with Gasteiger partial charge in [0, 0.05) is 11.1 Å². The van der Waals surface area contributed by atoms with E-state index in [4.69, 9.17) is 14.2 Å². The summed E-state index contributed by atoms with van der Waals surface area (Å²) in [6, 6.07) is 13.9. The Bertz CT molecular complexity index is 579. The quantitative estimate of drug-likeness (QED) is 0.829. The van der Waals surface area contributed by atoms with Crippen LogP contribution in [-0.4, -0.2) is 48.8 Å². The van der Waals surface area contributed by atoms with E-state index < -0.39 is 0 Å². The normalized spacial score (nSPS) is 21.2. The van der Waals surface area contributed by atoms with Crippen LogP contribution in [0.4, 0.5) is 0 Å². The summed E-state index contributed by atoms with van der Waals surface area (Å²) in [5.74, 6) is 0.350. The topological polar surface area (TPSA) is 74.8 Å². The van der Waals surface area contributed by atoms with E-state index in [2.05, 4.69) is 0 Å². The van der Waals surface area contributed by atoms with E-state index in [1.807, 2.05) is 12.1 Å². The summed E-state index contributed by atoms with van der Waals surface area (Å²) in [6.45, 7) is 3.26. The average molecular weight is 316 g/mol. The molecule has 122 valence electrons. The van der Waals surface area contributed by atoms with Crippen LogP contribution < -0.4 is 0 Å². The van der Waals surface area contributed by atoms with Gasteiger partial charge in [0.25, 0.3) is 0 Å². The molecule has 2 aromatic rings. The molecule has 0 aromatic heterocycles. The van der Waals surface area contributed by atoms with E-state index >= 15 is 0 Å². The van der Waals surface area contributed by atoms with Gasteiger partial charge in [-0.1, -0.05) is 36.4 Å². The summed E-state index contributed by atoms with van der Waals surface area (Å²) in [4.78, 5) is 0. The largest absolute Gasteiger partial charge is 0.507 e. The van der Waals surface area contributed by atoms with Gasteiger partial charge >= 0.3 is 0 Å². The number of hydrogen-bond acceptors (Lipinski definition) is 5. The van der Waals surface area contributed by atoms with Crippen molar-refractivity contribution in [3.8, 4) is 22.6 Å². The predicted octanol–water partition coefficient (Wildman–Crippen LogP) is 2.57. The average Bonchev–Trinajstić information content (AvgIpc) is 3.45. The lowest BCUT2D eigenvalue weighted by Gasteiger charge is -2.05. The van der Waals surface area contributed by atoms with Crippen molar-refractivity contribution in [3.05, 3.63) is 48.5 Å². The summed E-state index contributed by atoms with van der Waals surface area (Å²) in [7, 11) is 0. The smallest absolute Gasteiger partial charge is 0.123 e. The van der Waals surface area contributed by atoms with Gasteiger partial charge in [0.1, 0.15) is 23.7 Å². The molecule has 0 aliphatic carbocycles. The molecular weight excluding hydrogens is 296 g/mol. The number of para-hydroxylation sites is 2. The van der Waals surface area contributed by atoms with Gasteiger partial charge in [-0.15, -0.1) is 0 Å². The Labute approximate surface area is 135 Å². The number of phenolic OH excluding ortho intramolecular Hbond substituents is 2. The van der Waals surface area contributed by atoms with Gasteiger partial charge in [-0.2, -0.15) is 0 Å². The maximum absolute atomic E-state index is 9.58. The molecule has 0 saturated carbocycles. The van der Waals surface area contributed by atoms with Gasteiger partial charge in [0.05, 0.1) is 26.4 Å². The van der Waals surface area contributed by atoms with Crippen LogP contribution in [0, 0.1) is 0 Å². The lowest BCUT2D eigenvalue weighted by molar-refractivity contribution is 0.102. The highest BCUT2D eigenvalue weighted by Gasteiger charge is 2.26. The minimum absolute atomic E-state index is 0.175. The summed E-state index contributed by atoms with van der Waals surface area (Å²) in [5.41, 5.74) is 1.29. The van der Waals surface area contributed by atoms with Crippen LogP contribution in [0.5, 0.6) is 11.5 Å². The van der Waals surface area contributed by atoms with Crippen molar-refractivity contribution in [2.75, 3.05) is 26.4 Å². The molecule has 2 N–H and O–H groups in total. The predicted molar refractivity (Wildman–Crippen MR) is 85.5 cm³/mol. The fourth-order valence-corrected chi connectivity index (χ4v) is 2.06. The van der Waals surface area contributed by atoms with Crippen LogP contribution in [0.15, 0.2) is 48.5 Å². The number of aromatic hydroxyl groups is 2. The maximum Gasteiger partial charge on any atom is 0.123 e. The molecule has 0 amide bonds. The summed E-state index contributed by atoms with van der Waals surface area (Å²) >= 11 is 0. The Morgan fingerprint density at radius 2 is 1.17 bits per heavy atom. The van der Waals surface area contributed by atoms with Crippen LogP contribution in [0.25, 0.3) is 11.1 Å². The first-order valence-electron chi connectivity index (χ1n) is 7.61. The van der Waals surface area contributed by atoms with Gasteiger partial charge in [0.2, 0.25) is 0 Å². The second kappa shape index (κ2) is 7.46. The van der Waals surface area contributed by atoms with Gasteiger partial charge in [-0.3, -0.25) is 0 Å². The Balaban J connectivity index is 0.000000149. The molecule has 5 nitrogen and oxygen atoms in total. The second-order valence-corrected chi connectivity index (χ2v) is 5.48. The Morgan fingerprint density at radius 1 is 0.783 bits per heavy atom. The van der Waals surface area contributed by atoms with E-state index in [1.54, 1.807) is 36.4 Å². The molecule has 0 bridgehead atoms. The number of ether oxygens (including phenoxy) is 3. The lowest BCUT2D eigenvalue weighted by atomic mass is 10.0. The molecule has 23 heavy (non-hydrogen) atoms. The van der Waals surface area contributed by atoms with Gasteiger partial charge in [-0.05, 0) is 12.1 Å². The number of epoxide rings is 2. The van der Waals surface area contributed by atoms with E-state index in [0.29, 0.717) is 23.3 Å². The molecule has 2 aliphatic heterocycles. The standard InChI is InChI=1S/C12H10O2.C6H10O3/c13-11-7-3-1-5-9(11)10-6-2-4-8-12(10)14;1(5-3-8-5)7-2-6-4-9-6/h1-8,13-14H;5-6H,1-4H2. The van der Waals surface area contributed by atoms with E-state index in [-0.39, 0.29) is 11.5 Å². The first-order chi connectivity index (χ1) is 11.2. The molecule has 0 spiro atoms. The molecule has 2 heterocycles. The molecule has 0 radical (unpaired) electrons. The third kappa shape index (κ3) is 4.96. The minimum Gasteiger partial charge on any atom is -0.507 e. The zero-order valence-electron chi connectivity index (χ0n) is 12.7. The van der Waals surface area contributed by atoms with Crippen LogP contribution >= 0.6 is 0 Å². The zero-order valence-corrected chi connectivity index (χ0v) is 12.7. The summed E-state index contributed by atoms with van der Waals surface area (Å²) in [5, 5.41) is 19.2. The second-order valence-electron chi connectivity index (χ2n) is 5.48. The third-order valence-electron chi connectivity index (χ3n) is 3.51. The molecular formula is C18H20O5. The molecule has 2 aromatic carbocycles. The molecule has 5 heteroatoms. The zero-order chi connectivity index (χ0) is 16.1. The fourth-order valence-electron chi connectivity index (χ4n) is 2.06. The van der Waals surface area contributed by atoms with Gasteiger partial charge in [-0.25, -0.2) is 0 Å². The fraction of sp³-hybridized carbons (Fsp3) is 0.333. The summed E-state index contributed by atoms with van der Waals surface area (Å²) < 4.78 is 15.1. The first-order valence-corrected chi connectivity index (χ1v) is 7.61. The highest BCUT2D eigenvalue weighted by molar-refractivity contribution is 5.74. The van der Waals surface area contributed by atoms with Crippen molar-refractivity contribution in [1.29, 1.82) is 0 Å². The molecule has 2 unspecified atom stereocenters. The molecule has 2 atom stereocenters. The van der Waals surface area contributed by atoms with Crippen LogP contribution in [-0.2, 0) is 14.2 Å². The highest BCUT2D eigenvalue weighted by Crippen LogP contribution is 2.34. The van der Waals surface area contributed by atoms with Gasteiger partial charge < -0.3 is 24.4 Å². The number of hydrogen-bond donors (Lipinski definition) is 2. The summed E-state index contributed by atoms with van der Waals surface area (Å²) in [6.07, 6.45) is 0.785. The number of benzene rings is 2. The van der Waals surface area contributed by atoms with Crippen molar-refractivity contribution >= 4 is 0 Å². The van der Waals surface area contributed by atoms with Crippen molar-refractivity contribution in [3.63, 3.8) is 0 Å². The molecule has 2 aliphatic rings. The molecule has 2 saturated heterocycles. The van der Waals surface area contributed by atoms with E-state index in [0.717, 1.165) is 26.4 Å². The first kappa shape index (κ1) is 15.8. The van der Waals surface area contributed by atoms with Crippen molar-refractivity contribution in [1.82, 2.24) is 0 Å². The molecule has 2 fully saturated rings. The SMILES string of the molecule is C(OCC1CO1)C1CO1.Oc1ccccc1-c1ccccc1O. The van der Waals surface area contributed by atoms with Crippen molar-refractivity contribution in [2.24, 2.45) is 0 Å². The molecule has 4 rings (SSSR count).